The fraction of sp³-hybridized carbons (Fsp3) is 0.818. The molecule has 86 valence electrons. The Labute approximate surface area is 95.6 Å². The van der Waals surface area contributed by atoms with Crippen LogP contribution in [0.3, 0.4) is 0 Å². The molecule has 1 aliphatic rings. The highest BCUT2D eigenvalue weighted by Crippen LogP contribution is 2.31. The highest BCUT2D eigenvalue weighted by Gasteiger charge is 2.44. The monoisotopic (exact) mass is 229 g/mol. The minimum atomic E-state index is -0.336. The van der Waals surface area contributed by atoms with Crippen LogP contribution in [0, 0.1) is 0 Å². The normalized spacial score (nSPS) is 22.7. The number of carbonyl (C=O) groups is 2. The average molecular weight is 229 g/mol. The third-order valence-electron chi connectivity index (χ3n) is 2.94. The van der Waals surface area contributed by atoms with Crippen molar-refractivity contribution in [3.05, 3.63) is 0 Å². The molecule has 1 rings (SSSR count). The van der Waals surface area contributed by atoms with Crippen molar-refractivity contribution in [3.8, 4) is 0 Å². The number of nitrogens with zero attached hydrogens (tertiary/aromatic N) is 1. The average Bonchev–Trinajstić information content (AvgIpc) is 2.43. The van der Waals surface area contributed by atoms with E-state index >= 15 is 0 Å². The molecule has 0 bridgehead atoms. The second-order valence-electron chi connectivity index (χ2n) is 4.38. The van der Waals surface area contributed by atoms with Crippen molar-refractivity contribution in [2.75, 3.05) is 5.75 Å². The van der Waals surface area contributed by atoms with Gasteiger partial charge in [0.25, 0.3) is 0 Å². The van der Waals surface area contributed by atoms with E-state index in [1.54, 1.807) is 11.8 Å². The van der Waals surface area contributed by atoms with Crippen LogP contribution in [0.25, 0.3) is 0 Å². The maximum absolute atomic E-state index is 12.0. The highest BCUT2D eigenvalue weighted by atomic mass is 32.2. The molecule has 0 spiro atoms. The third-order valence-corrected chi connectivity index (χ3v) is 4.05. The Morgan fingerprint density at radius 3 is 2.47 bits per heavy atom. The van der Waals surface area contributed by atoms with Crippen molar-refractivity contribution >= 4 is 23.6 Å². The largest absolute Gasteiger partial charge is 0.276 e. The molecule has 1 aliphatic heterocycles. The molecule has 0 aromatic carbocycles. The van der Waals surface area contributed by atoms with Crippen molar-refractivity contribution < 1.29 is 9.59 Å². The standard InChI is InChI=1S/C11H19NO2S/c1-5-11(3,4)12-9(13)7-8(10(12)14)15-6-2/h8H,5-7H2,1-4H3. The molecule has 0 aromatic rings. The summed E-state index contributed by atoms with van der Waals surface area (Å²) in [6.07, 6.45) is 1.18. The molecule has 0 saturated carbocycles. The number of imide groups is 1. The lowest BCUT2D eigenvalue weighted by Gasteiger charge is -2.33. The van der Waals surface area contributed by atoms with Gasteiger partial charge < -0.3 is 0 Å². The Morgan fingerprint density at radius 2 is 2.00 bits per heavy atom. The molecule has 1 atom stereocenters. The van der Waals surface area contributed by atoms with Gasteiger partial charge in [0.05, 0.1) is 5.25 Å². The van der Waals surface area contributed by atoms with Gasteiger partial charge in [-0.3, -0.25) is 14.5 Å². The molecule has 0 radical (unpaired) electrons. The van der Waals surface area contributed by atoms with Gasteiger partial charge in [-0.1, -0.05) is 13.8 Å². The minimum Gasteiger partial charge on any atom is -0.276 e. The lowest BCUT2D eigenvalue weighted by Crippen LogP contribution is -2.47. The first-order chi connectivity index (χ1) is 6.94. The van der Waals surface area contributed by atoms with Gasteiger partial charge in [0.2, 0.25) is 11.8 Å². The van der Waals surface area contributed by atoms with Gasteiger partial charge in [0.1, 0.15) is 0 Å². The number of carbonyl (C=O) groups excluding carboxylic acids is 2. The molecule has 2 amide bonds. The Bertz CT molecular complexity index is 276. The van der Waals surface area contributed by atoms with Crippen molar-refractivity contribution in [2.45, 2.75) is 51.3 Å². The van der Waals surface area contributed by atoms with Crippen LogP contribution in [-0.4, -0.2) is 33.3 Å². The van der Waals surface area contributed by atoms with Gasteiger partial charge in [0.15, 0.2) is 0 Å². The Morgan fingerprint density at radius 1 is 1.40 bits per heavy atom. The number of likely N-dealkylation sites (tertiary alicyclic amines) is 1. The van der Waals surface area contributed by atoms with Crippen LogP contribution in [0.5, 0.6) is 0 Å². The first kappa shape index (κ1) is 12.6. The Kier molecular flexibility index (Phi) is 3.82. The molecule has 0 aromatic heterocycles. The summed E-state index contributed by atoms with van der Waals surface area (Å²) < 4.78 is 0. The van der Waals surface area contributed by atoms with Crippen LogP contribution in [-0.2, 0) is 9.59 Å². The molecule has 15 heavy (non-hydrogen) atoms. The minimum absolute atomic E-state index is 0.00120. The number of hydrogen-bond acceptors (Lipinski definition) is 3. The van der Waals surface area contributed by atoms with E-state index in [1.807, 2.05) is 27.7 Å². The van der Waals surface area contributed by atoms with Crippen molar-refractivity contribution in [2.24, 2.45) is 0 Å². The summed E-state index contributed by atoms with van der Waals surface area (Å²) in [7, 11) is 0. The van der Waals surface area contributed by atoms with E-state index in [1.165, 1.54) is 4.90 Å². The first-order valence-electron chi connectivity index (χ1n) is 5.42. The van der Waals surface area contributed by atoms with Crippen molar-refractivity contribution in [3.63, 3.8) is 0 Å². The smallest absolute Gasteiger partial charge is 0.243 e. The van der Waals surface area contributed by atoms with Gasteiger partial charge in [0, 0.05) is 12.0 Å². The molecule has 1 unspecified atom stereocenters. The molecule has 0 N–H and O–H groups in total. The quantitative estimate of drug-likeness (QED) is 0.692. The highest BCUT2D eigenvalue weighted by molar-refractivity contribution is 8.00. The van der Waals surface area contributed by atoms with Gasteiger partial charge in [-0.05, 0) is 26.0 Å². The lowest BCUT2D eigenvalue weighted by molar-refractivity contribution is -0.144. The second kappa shape index (κ2) is 4.56. The molecule has 1 saturated heterocycles. The zero-order valence-electron chi connectivity index (χ0n) is 9.87. The maximum Gasteiger partial charge on any atom is 0.243 e. The van der Waals surface area contributed by atoms with Crippen LogP contribution in [0.4, 0.5) is 0 Å². The number of hydrogen-bond donors (Lipinski definition) is 0. The van der Waals surface area contributed by atoms with Gasteiger partial charge in [-0.15, -0.1) is 11.8 Å². The predicted molar refractivity (Wildman–Crippen MR) is 62.8 cm³/mol. The van der Waals surface area contributed by atoms with Crippen LogP contribution in [0.2, 0.25) is 0 Å². The van der Waals surface area contributed by atoms with Crippen LogP contribution >= 0.6 is 11.8 Å². The van der Waals surface area contributed by atoms with Gasteiger partial charge in [-0.25, -0.2) is 0 Å². The first-order valence-corrected chi connectivity index (χ1v) is 6.47. The summed E-state index contributed by atoms with van der Waals surface area (Å²) in [5.41, 5.74) is -0.336. The molecule has 1 heterocycles. The van der Waals surface area contributed by atoms with E-state index in [-0.39, 0.29) is 22.6 Å². The number of rotatable bonds is 4. The van der Waals surface area contributed by atoms with E-state index in [0.717, 1.165) is 12.2 Å². The van der Waals surface area contributed by atoms with Crippen LogP contribution < -0.4 is 0 Å². The van der Waals surface area contributed by atoms with E-state index < -0.39 is 0 Å². The number of thioether (sulfide) groups is 1. The fourth-order valence-corrected chi connectivity index (χ4v) is 2.64. The summed E-state index contributed by atoms with van der Waals surface area (Å²) in [6, 6.07) is 0. The summed E-state index contributed by atoms with van der Waals surface area (Å²) in [6.45, 7) is 7.90. The van der Waals surface area contributed by atoms with E-state index in [4.69, 9.17) is 0 Å². The molecule has 1 fully saturated rings. The molecule has 0 aliphatic carbocycles. The summed E-state index contributed by atoms with van der Waals surface area (Å²) in [4.78, 5) is 25.2. The Balaban J connectivity index is 2.84. The van der Waals surface area contributed by atoms with Gasteiger partial charge >= 0.3 is 0 Å². The summed E-state index contributed by atoms with van der Waals surface area (Å²) >= 11 is 1.57. The van der Waals surface area contributed by atoms with Crippen LogP contribution in [0.15, 0.2) is 0 Å². The van der Waals surface area contributed by atoms with Crippen molar-refractivity contribution in [1.29, 1.82) is 0 Å². The fourth-order valence-electron chi connectivity index (χ4n) is 1.73. The lowest BCUT2D eigenvalue weighted by atomic mass is 10.00. The van der Waals surface area contributed by atoms with E-state index in [2.05, 4.69) is 0 Å². The molecular formula is C11H19NO2S. The number of amides is 2. The molecule has 4 heteroatoms. The predicted octanol–water partition coefficient (Wildman–Crippen LogP) is 2.06. The Hall–Kier alpha value is -0.510. The second-order valence-corrected chi connectivity index (χ2v) is 5.86. The summed E-state index contributed by atoms with van der Waals surface area (Å²) in [5.74, 6) is 0.862. The van der Waals surface area contributed by atoms with Crippen LogP contribution in [0.1, 0.15) is 40.5 Å². The SMILES string of the molecule is CCSC1CC(=O)N(C(C)(C)CC)C1=O. The summed E-state index contributed by atoms with van der Waals surface area (Å²) in [5, 5.41) is -0.145. The maximum atomic E-state index is 12.0. The molecular weight excluding hydrogens is 210 g/mol. The third kappa shape index (κ3) is 2.36. The molecule has 3 nitrogen and oxygen atoms in total. The zero-order chi connectivity index (χ0) is 11.6. The van der Waals surface area contributed by atoms with E-state index in [9.17, 15) is 9.59 Å². The van der Waals surface area contributed by atoms with Crippen molar-refractivity contribution in [1.82, 2.24) is 4.90 Å². The van der Waals surface area contributed by atoms with E-state index in [0.29, 0.717) is 6.42 Å². The zero-order valence-corrected chi connectivity index (χ0v) is 10.7. The topological polar surface area (TPSA) is 37.4 Å². The van der Waals surface area contributed by atoms with Gasteiger partial charge in [-0.2, -0.15) is 0 Å².